The second-order valence-electron chi connectivity index (χ2n) is 12.6. The Hall–Kier alpha value is -2.52. The van der Waals surface area contributed by atoms with Crippen LogP contribution < -0.4 is 5.32 Å². The molecule has 238 valence electrons. The molecule has 0 bridgehead atoms. The lowest BCUT2D eigenvalue weighted by molar-refractivity contribution is -0.211. The minimum Gasteiger partial charge on any atom is -0.376 e. The number of aromatic nitrogens is 3. The number of likely N-dealkylation sites (tertiary alicyclic amines) is 1. The van der Waals surface area contributed by atoms with Crippen LogP contribution in [0.5, 0.6) is 0 Å². The van der Waals surface area contributed by atoms with Crippen molar-refractivity contribution < 1.29 is 45.4 Å². The van der Waals surface area contributed by atoms with Crippen LogP contribution in [0.15, 0.2) is 12.1 Å². The Bertz CT molecular complexity index is 1330. The van der Waals surface area contributed by atoms with Crippen LogP contribution in [0.3, 0.4) is 0 Å². The number of nitrogens with one attached hydrogen (secondary N) is 2. The van der Waals surface area contributed by atoms with Crippen LogP contribution in [-0.4, -0.2) is 79.8 Å². The smallest absolute Gasteiger partial charge is 0.271 e. The molecule has 6 rings (SSSR count). The van der Waals surface area contributed by atoms with Gasteiger partial charge in [-0.25, -0.2) is 40.7 Å². The number of fused-ring (bicyclic) bond motifs is 1. The highest BCUT2D eigenvalue weighted by Crippen LogP contribution is 2.45. The third-order valence-corrected chi connectivity index (χ3v) is 9.24. The third-order valence-electron chi connectivity index (χ3n) is 9.24. The molecule has 3 N–H and O–H groups in total. The van der Waals surface area contributed by atoms with E-state index in [0.717, 1.165) is 0 Å². The fourth-order valence-corrected chi connectivity index (χ4v) is 6.40. The molecule has 2 saturated heterocycles. The highest BCUT2D eigenvalue weighted by molar-refractivity contribution is 5.88. The maximum atomic E-state index is 14.6. The van der Waals surface area contributed by atoms with Crippen LogP contribution in [0.4, 0.5) is 30.7 Å². The summed E-state index contributed by atoms with van der Waals surface area (Å²) in [5, 5.41) is 13.7. The summed E-state index contributed by atoms with van der Waals surface area (Å²) >= 11 is 0. The first-order valence-electron chi connectivity index (χ1n) is 14.7. The zero-order valence-electron chi connectivity index (χ0n) is 23.3. The largest absolute Gasteiger partial charge is 0.376 e. The highest BCUT2D eigenvalue weighted by atomic mass is 19.3. The van der Waals surface area contributed by atoms with Gasteiger partial charge in [0.15, 0.2) is 11.3 Å². The summed E-state index contributed by atoms with van der Waals surface area (Å²) in [5.41, 5.74) is -1.36. The maximum absolute atomic E-state index is 14.6. The number of nitrogens with zero attached hydrogens (tertiary/aromatic N) is 3. The number of rotatable bonds is 7. The summed E-state index contributed by atoms with van der Waals surface area (Å²) in [6, 6.07) is 1.05. The second kappa shape index (κ2) is 10.8. The number of aliphatic hydroxyl groups excluding tert-OH is 1. The second-order valence-corrected chi connectivity index (χ2v) is 12.6. The minimum absolute atomic E-state index is 0.0715. The van der Waals surface area contributed by atoms with Crippen LogP contribution in [0.1, 0.15) is 87.8 Å². The van der Waals surface area contributed by atoms with E-state index >= 15 is 0 Å². The van der Waals surface area contributed by atoms with Gasteiger partial charge in [0.2, 0.25) is 5.92 Å². The number of ether oxygens (including phenoxy) is 1. The predicted molar refractivity (Wildman–Crippen MR) is 138 cm³/mol. The molecular formula is C28H34F7N5O3. The number of aliphatic hydroxyl groups is 1. The number of aromatic amines is 1. The van der Waals surface area contributed by atoms with Gasteiger partial charge < -0.3 is 20.1 Å². The Kier molecular flexibility index (Phi) is 7.68. The molecule has 0 radical (unpaired) electrons. The summed E-state index contributed by atoms with van der Waals surface area (Å²) in [7, 11) is 0. The number of hydrogen-bond acceptors (Lipinski definition) is 6. The van der Waals surface area contributed by atoms with Crippen molar-refractivity contribution in [1.82, 2.24) is 25.2 Å². The fourth-order valence-electron chi connectivity index (χ4n) is 6.40. The third kappa shape index (κ3) is 6.48. The van der Waals surface area contributed by atoms with Crippen molar-refractivity contribution in [2.45, 2.75) is 112 Å². The number of carbonyl (C=O) groups is 1. The molecule has 4 fully saturated rings. The molecule has 8 nitrogen and oxygen atoms in total. The van der Waals surface area contributed by atoms with Crippen molar-refractivity contribution in [3.63, 3.8) is 0 Å². The molecule has 0 spiro atoms. The molecule has 4 atom stereocenters. The van der Waals surface area contributed by atoms with E-state index in [1.54, 1.807) is 6.07 Å². The van der Waals surface area contributed by atoms with Gasteiger partial charge in [-0.2, -0.15) is 0 Å². The van der Waals surface area contributed by atoms with Gasteiger partial charge in [-0.05, 0) is 50.2 Å². The van der Waals surface area contributed by atoms with Gasteiger partial charge in [-0.1, -0.05) is 0 Å². The topological polar surface area (TPSA) is 103 Å². The number of halogens is 7. The van der Waals surface area contributed by atoms with Crippen molar-refractivity contribution in [3.05, 3.63) is 23.7 Å². The average molecular weight is 622 g/mol. The van der Waals surface area contributed by atoms with Crippen molar-refractivity contribution in [2.24, 2.45) is 5.92 Å². The standard InChI is InChI=1S/C28H34F7N5O3/c29-25(9-10-25)24(42)38-20(15-3-6-26(30,31)7-4-15)22-37-17-2-1-16(36-21(17)39-22)18-13-27(32,33)11-12-40(18)23(41)19-5-8-28(34,35)14-43-19/h1-2,15,18-20,23,41H,3-14H2,(H,38,42)(H,36,37,39)/t18-,19+,20-,23?/m0/s1. The van der Waals surface area contributed by atoms with Crippen molar-refractivity contribution in [3.8, 4) is 0 Å². The zero-order chi connectivity index (χ0) is 30.8. The number of hydrogen-bond donors (Lipinski definition) is 3. The molecule has 2 aromatic heterocycles. The quantitative estimate of drug-likeness (QED) is 0.361. The number of alkyl halides is 7. The van der Waals surface area contributed by atoms with Gasteiger partial charge in [-0.3, -0.25) is 9.69 Å². The maximum Gasteiger partial charge on any atom is 0.271 e. The Labute approximate surface area is 242 Å². The first-order valence-corrected chi connectivity index (χ1v) is 14.7. The van der Waals surface area contributed by atoms with Gasteiger partial charge in [0.05, 0.1) is 29.4 Å². The van der Waals surface area contributed by atoms with E-state index in [1.807, 2.05) is 0 Å². The molecule has 43 heavy (non-hydrogen) atoms. The Morgan fingerprint density at radius 1 is 0.953 bits per heavy atom. The molecule has 4 heterocycles. The van der Waals surface area contributed by atoms with Gasteiger partial charge in [0.1, 0.15) is 18.7 Å². The van der Waals surface area contributed by atoms with Crippen molar-refractivity contribution in [2.75, 3.05) is 13.2 Å². The monoisotopic (exact) mass is 621 g/mol. The summed E-state index contributed by atoms with van der Waals surface area (Å²) in [4.78, 5) is 26.0. The summed E-state index contributed by atoms with van der Waals surface area (Å²) < 4.78 is 104. The van der Waals surface area contributed by atoms with E-state index < -0.39 is 85.5 Å². The van der Waals surface area contributed by atoms with Crippen LogP contribution in [0, 0.1) is 5.92 Å². The van der Waals surface area contributed by atoms with E-state index in [4.69, 9.17) is 4.74 Å². The molecule has 2 saturated carbocycles. The van der Waals surface area contributed by atoms with Crippen molar-refractivity contribution in [1.29, 1.82) is 0 Å². The Morgan fingerprint density at radius 2 is 1.65 bits per heavy atom. The number of H-pyrrole nitrogens is 1. The predicted octanol–water partition coefficient (Wildman–Crippen LogP) is 5.35. The fraction of sp³-hybridized carbons (Fsp3) is 0.750. The average Bonchev–Trinajstić information content (AvgIpc) is 3.56. The molecular weight excluding hydrogens is 587 g/mol. The SMILES string of the molecule is O=C(N[C@H](c1nc2nc([C@@H]3CC(F)(F)CCN3C(O)[C@H]3CCC(F)(F)CO3)ccc2[nH]1)C1CCC(F)(F)CC1)C1(F)CC1. The molecule has 15 heteroatoms. The van der Waals surface area contributed by atoms with Crippen LogP contribution in [0.25, 0.3) is 11.2 Å². The number of carbonyl (C=O) groups excluding carboxylic acids is 1. The van der Waals surface area contributed by atoms with Crippen LogP contribution in [0.2, 0.25) is 0 Å². The van der Waals surface area contributed by atoms with E-state index in [0.29, 0.717) is 5.52 Å². The summed E-state index contributed by atoms with van der Waals surface area (Å²) in [6.07, 6.45) is -4.77. The lowest BCUT2D eigenvalue weighted by Crippen LogP contribution is -2.54. The van der Waals surface area contributed by atoms with Gasteiger partial charge >= 0.3 is 0 Å². The normalized spacial score (nSPS) is 30.0. The molecule has 2 aliphatic heterocycles. The van der Waals surface area contributed by atoms with Gasteiger partial charge in [0, 0.05) is 38.6 Å². The molecule has 1 unspecified atom stereocenters. The number of pyridine rings is 1. The van der Waals surface area contributed by atoms with Crippen LogP contribution >= 0.6 is 0 Å². The Balaban J connectivity index is 1.27. The van der Waals surface area contributed by atoms with Crippen molar-refractivity contribution >= 4 is 17.1 Å². The first kappa shape index (κ1) is 30.5. The number of amides is 1. The highest BCUT2D eigenvalue weighted by Gasteiger charge is 2.52. The molecule has 2 aromatic rings. The lowest BCUT2D eigenvalue weighted by atomic mass is 9.81. The van der Waals surface area contributed by atoms with E-state index in [1.165, 1.54) is 11.0 Å². The van der Waals surface area contributed by atoms with Gasteiger partial charge in [0.25, 0.3) is 17.8 Å². The molecule has 2 aliphatic carbocycles. The van der Waals surface area contributed by atoms with Gasteiger partial charge in [-0.15, -0.1) is 0 Å². The Morgan fingerprint density at radius 3 is 2.30 bits per heavy atom. The zero-order valence-corrected chi connectivity index (χ0v) is 23.3. The number of piperidine rings is 1. The molecule has 4 aliphatic rings. The molecule has 0 aromatic carbocycles. The minimum atomic E-state index is -3.07. The van der Waals surface area contributed by atoms with E-state index in [2.05, 4.69) is 20.3 Å². The first-order chi connectivity index (χ1) is 20.1. The van der Waals surface area contributed by atoms with E-state index in [-0.39, 0.29) is 68.7 Å². The number of imidazole rings is 1. The summed E-state index contributed by atoms with van der Waals surface area (Å²) in [5.74, 6) is -10.0. The van der Waals surface area contributed by atoms with Crippen LogP contribution in [-0.2, 0) is 9.53 Å². The summed E-state index contributed by atoms with van der Waals surface area (Å²) in [6.45, 7) is -1.10. The lowest BCUT2D eigenvalue weighted by Gasteiger charge is -2.44. The molecule has 1 amide bonds. The van der Waals surface area contributed by atoms with E-state index in [9.17, 15) is 40.6 Å².